The molecule has 214 valence electrons. The molecule has 3 aliphatic heterocycles. The number of amides is 3. The lowest BCUT2D eigenvalue weighted by Crippen LogP contribution is -2.61. The average molecular weight is 548 g/mol. The predicted molar refractivity (Wildman–Crippen MR) is 155 cm³/mol. The summed E-state index contributed by atoms with van der Waals surface area (Å²) in [6.07, 6.45) is 6.90. The van der Waals surface area contributed by atoms with E-state index < -0.39 is 28.7 Å². The molecule has 8 heteroatoms. The van der Waals surface area contributed by atoms with Crippen molar-refractivity contribution in [1.29, 1.82) is 0 Å². The van der Waals surface area contributed by atoms with Gasteiger partial charge in [-0.05, 0) is 38.0 Å². The van der Waals surface area contributed by atoms with Crippen molar-refractivity contribution in [3.8, 4) is 0 Å². The van der Waals surface area contributed by atoms with Crippen molar-refractivity contribution in [1.82, 2.24) is 14.7 Å². The minimum atomic E-state index is -0.722. The zero-order chi connectivity index (χ0) is 28.4. The summed E-state index contributed by atoms with van der Waals surface area (Å²) in [7, 11) is 0. The van der Waals surface area contributed by atoms with Crippen molar-refractivity contribution < 1.29 is 19.5 Å². The summed E-state index contributed by atoms with van der Waals surface area (Å²) in [6, 6.07) is -1.22. The monoisotopic (exact) mass is 547 g/mol. The van der Waals surface area contributed by atoms with Gasteiger partial charge in [0, 0.05) is 30.9 Å². The molecule has 7 nitrogen and oxygen atoms in total. The lowest BCUT2D eigenvalue weighted by Gasteiger charge is -2.44. The fourth-order valence-electron chi connectivity index (χ4n) is 7.28. The second-order valence-corrected chi connectivity index (χ2v) is 13.3. The van der Waals surface area contributed by atoms with Gasteiger partial charge in [0.1, 0.15) is 6.04 Å². The number of hydrogen-bond acceptors (Lipinski definition) is 5. The van der Waals surface area contributed by atoms with E-state index in [0.717, 1.165) is 25.7 Å². The third-order valence-electron chi connectivity index (χ3n) is 9.02. The van der Waals surface area contributed by atoms with E-state index in [0.29, 0.717) is 19.6 Å². The van der Waals surface area contributed by atoms with Crippen LogP contribution in [0.3, 0.4) is 0 Å². The Labute approximate surface area is 234 Å². The standard InChI is InChI=1S/C30H49N3O4S/c1-9-13-21(8)32(16-12-4)29(37)26-30-20(7)17-23(38-30)24(27(35)31(14-10-2)15-11-3)25(30)28(36)33(26)22(18-34)19(5)6/h10,12,19-26,34H,2,4,9,11,13-18H2,1,3,5-8H3/t20?,21?,22-,23+,24-,25-,26?,30?/m0/s1. The van der Waals surface area contributed by atoms with Crippen LogP contribution < -0.4 is 0 Å². The zero-order valence-electron chi connectivity index (χ0n) is 24.3. The first kappa shape index (κ1) is 30.7. The maximum absolute atomic E-state index is 14.6. The molecule has 3 amide bonds. The van der Waals surface area contributed by atoms with Crippen LogP contribution in [0, 0.1) is 23.7 Å². The van der Waals surface area contributed by atoms with Crippen molar-refractivity contribution in [2.75, 3.05) is 26.2 Å². The van der Waals surface area contributed by atoms with E-state index in [9.17, 15) is 19.5 Å². The molecule has 3 fully saturated rings. The van der Waals surface area contributed by atoms with Crippen LogP contribution in [0.4, 0.5) is 0 Å². The van der Waals surface area contributed by atoms with Crippen molar-refractivity contribution in [2.24, 2.45) is 23.7 Å². The summed E-state index contributed by atoms with van der Waals surface area (Å²) in [5.41, 5.74) is 0. The van der Waals surface area contributed by atoms with Gasteiger partial charge >= 0.3 is 0 Å². The molecule has 8 atom stereocenters. The van der Waals surface area contributed by atoms with Gasteiger partial charge in [-0.3, -0.25) is 14.4 Å². The molecule has 38 heavy (non-hydrogen) atoms. The van der Waals surface area contributed by atoms with Gasteiger partial charge in [0.15, 0.2) is 0 Å². The van der Waals surface area contributed by atoms with Crippen LogP contribution in [0.15, 0.2) is 25.3 Å². The molecule has 0 aliphatic carbocycles. The Morgan fingerprint density at radius 2 is 1.82 bits per heavy atom. The maximum atomic E-state index is 14.6. The molecule has 1 N–H and O–H groups in total. The van der Waals surface area contributed by atoms with E-state index in [4.69, 9.17) is 0 Å². The normalized spacial score (nSPS) is 31.3. The van der Waals surface area contributed by atoms with Crippen molar-refractivity contribution in [3.05, 3.63) is 25.3 Å². The summed E-state index contributed by atoms with van der Waals surface area (Å²) in [4.78, 5) is 48.5. The number of hydrogen-bond donors (Lipinski definition) is 1. The second kappa shape index (κ2) is 12.6. The number of carbonyl (C=O) groups is 3. The van der Waals surface area contributed by atoms with Crippen LogP contribution in [-0.2, 0) is 14.4 Å². The molecular formula is C30H49N3O4S. The molecule has 0 aromatic heterocycles. The molecule has 3 heterocycles. The Kier molecular flexibility index (Phi) is 10.2. The summed E-state index contributed by atoms with van der Waals surface area (Å²) in [5.74, 6) is -1.23. The SMILES string of the molecule is C=CCN(CCC)C(=O)[C@@H]1[C@H]2C(=O)N([C@@H](CO)C(C)C)C(C(=O)N(CC=C)C(C)CCC)C23S[C@@H]1CC3C. The Hall–Kier alpha value is -1.80. The Bertz CT molecular complexity index is 910. The van der Waals surface area contributed by atoms with E-state index >= 15 is 0 Å². The van der Waals surface area contributed by atoms with Gasteiger partial charge in [-0.2, -0.15) is 0 Å². The minimum absolute atomic E-state index is 0.000572. The lowest BCUT2D eigenvalue weighted by atomic mass is 9.65. The van der Waals surface area contributed by atoms with E-state index in [1.807, 2.05) is 30.6 Å². The van der Waals surface area contributed by atoms with Crippen molar-refractivity contribution in [3.63, 3.8) is 0 Å². The van der Waals surface area contributed by atoms with E-state index in [-0.39, 0.29) is 47.5 Å². The fraction of sp³-hybridized carbons (Fsp3) is 0.767. The number of aliphatic hydroxyl groups excluding tert-OH is 1. The van der Waals surface area contributed by atoms with Crippen LogP contribution in [0.2, 0.25) is 0 Å². The Morgan fingerprint density at radius 1 is 1.16 bits per heavy atom. The van der Waals surface area contributed by atoms with Crippen LogP contribution in [0.25, 0.3) is 0 Å². The maximum Gasteiger partial charge on any atom is 0.247 e. The van der Waals surface area contributed by atoms with Crippen molar-refractivity contribution in [2.45, 2.75) is 95.3 Å². The fourth-order valence-corrected chi connectivity index (χ4v) is 9.68. The molecule has 3 saturated heterocycles. The largest absolute Gasteiger partial charge is 0.394 e. The second-order valence-electron chi connectivity index (χ2n) is 11.8. The summed E-state index contributed by atoms with van der Waals surface area (Å²) >= 11 is 1.70. The first-order valence-corrected chi connectivity index (χ1v) is 15.4. The number of fused-ring (bicyclic) bond motifs is 1. The highest BCUT2D eigenvalue weighted by Crippen LogP contribution is 2.69. The van der Waals surface area contributed by atoms with Crippen molar-refractivity contribution >= 4 is 29.5 Å². The third kappa shape index (κ3) is 4.96. The molecule has 4 unspecified atom stereocenters. The number of thioether (sulfide) groups is 1. The number of nitrogens with zero attached hydrogens (tertiary/aromatic N) is 3. The molecule has 0 radical (unpaired) electrons. The molecule has 0 saturated carbocycles. The van der Waals surface area contributed by atoms with Gasteiger partial charge < -0.3 is 19.8 Å². The average Bonchev–Trinajstić information content (AvgIpc) is 3.46. The molecule has 1 spiro atoms. The number of rotatable bonds is 14. The first-order valence-electron chi connectivity index (χ1n) is 14.5. The van der Waals surface area contributed by atoms with Gasteiger partial charge in [-0.1, -0.05) is 53.2 Å². The summed E-state index contributed by atoms with van der Waals surface area (Å²) < 4.78 is -0.696. The highest BCUT2D eigenvalue weighted by molar-refractivity contribution is 8.02. The van der Waals surface area contributed by atoms with E-state index in [1.165, 1.54) is 0 Å². The van der Waals surface area contributed by atoms with Gasteiger partial charge in [-0.15, -0.1) is 24.9 Å². The highest BCUT2D eigenvalue weighted by atomic mass is 32.2. The molecule has 2 bridgehead atoms. The van der Waals surface area contributed by atoms with E-state index in [1.54, 1.807) is 28.8 Å². The van der Waals surface area contributed by atoms with E-state index in [2.05, 4.69) is 33.9 Å². The van der Waals surface area contributed by atoms with Gasteiger partial charge in [0.05, 0.1) is 29.2 Å². The molecule has 0 aromatic rings. The van der Waals surface area contributed by atoms with Crippen LogP contribution >= 0.6 is 11.8 Å². The van der Waals surface area contributed by atoms with Gasteiger partial charge in [-0.25, -0.2) is 0 Å². The predicted octanol–water partition coefficient (Wildman–Crippen LogP) is 3.97. The minimum Gasteiger partial charge on any atom is -0.394 e. The number of likely N-dealkylation sites (tertiary alicyclic amines) is 1. The number of aliphatic hydroxyl groups is 1. The summed E-state index contributed by atoms with van der Waals surface area (Å²) in [5, 5.41) is 10.5. The van der Waals surface area contributed by atoms with Crippen LogP contribution in [0.5, 0.6) is 0 Å². The highest BCUT2D eigenvalue weighted by Gasteiger charge is 2.77. The number of carbonyl (C=O) groups excluding carboxylic acids is 3. The van der Waals surface area contributed by atoms with Crippen LogP contribution in [-0.4, -0.2) is 91.9 Å². The van der Waals surface area contributed by atoms with Gasteiger partial charge in [0.2, 0.25) is 17.7 Å². The molecule has 0 aromatic carbocycles. The molecular weight excluding hydrogens is 498 g/mol. The summed E-state index contributed by atoms with van der Waals surface area (Å²) in [6.45, 7) is 21.3. The van der Waals surface area contributed by atoms with Crippen LogP contribution in [0.1, 0.15) is 67.2 Å². The third-order valence-corrected chi connectivity index (χ3v) is 11.1. The Morgan fingerprint density at radius 3 is 2.34 bits per heavy atom. The lowest BCUT2D eigenvalue weighted by molar-refractivity contribution is -0.148. The molecule has 3 aliphatic rings. The van der Waals surface area contributed by atoms with Gasteiger partial charge in [0.25, 0.3) is 0 Å². The Balaban J connectivity index is 2.16. The molecule has 3 rings (SSSR count). The topological polar surface area (TPSA) is 81.2 Å². The first-order chi connectivity index (χ1) is 18.1. The smallest absolute Gasteiger partial charge is 0.247 e. The zero-order valence-corrected chi connectivity index (χ0v) is 25.1. The quantitative estimate of drug-likeness (QED) is 0.333.